The molecule has 1 fully saturated rings. The van der Waals surface area contributed by atoms with Gasteiger partial charge in [-0.15, -0.1) is 0 Å². The van der Waals surface area contributed by atoms with Gasteiger partial charge in [-0.3, -0.25) is 19.7 Å². The Bertz CT molecular complexity index is 831. The quantitative estimate of drug-likeness (QED) is 0.628. The molecule has 1 saturated carbocycles. The minimum atomic E-state index is -0.850. The molecule has 0 spiro atoms. The molecule has 0 bridgehead atoms. The van der Waals surface area contributed by atoms with Crippen LogP contribution < -0.4 is 5.32 Å². The maximum absolute atomic E-state index is 12.3. The van der Waals surface area contributed by atoms with Crippen molar-refractivity contribution in [2.75, 3.05) is 0 Å². The summed E-state index contributed by atoms with van der Waals surface area (Å²) in [6, 6.07) is 7.37. The minimum Gasteiger partial charge on any atom is -0.481 e. The van der Waals surface area contributed by atoms with Gasteiger partial charge in [0, 0.05) is 18.3 Å². The van der Waals surface area contributed by atoms with Crippen molar-refractivity contribution in [1.82, 2.24) is 15.1 Å². The third-order valence-corrected chi connectivity index (χ3v) is 4.26. The monoisotopic (exact) mass is 344 g/mol. The van der Waals surface area contributed by atoms with Crippen LogP contribution in [0.15, 0.2) is 36.5 Å². The summed E-state index contributed by atoms with van der Waals surface area (Å²) in [6.07, 6.45) is 3.01. The molecule has 2 atom stereocenters. The fourth-order valence-corrected chi connectivity index (χ4v) is 2.99. The number of nitro groups is 1. The molecule has 1 heterocycles. The van der Waals surface area contributed by atoms with Gasteiger partial charge in [-0.05, 0) is 31.4 Å². The lowest BCUT2D eigenvalue weighted by molar-refractivity contribution is -0.384. The summed E-state index contributed by atoms with van der Waals surface area (Å²) in [7, 11) is 0. The first kappa shape index (κ1) is 16.6. The molecule has 25 heavy (non-hydrogen) atoms. The first-order valence-corrected chi connectivity index (χ1v) is 7.79. The van der Waals surface area contributed by atoms with Crippen LogP contribution in [0.3, 0.4) is 0 Å². The number of benzene rings is 1. The average Bonchev–Trinajstić information content (AvgIpc) is 3.24. The van der Waals surface area contributed by atoms with Gasteiger partial charge >= 0.3 is 5.97 Å². The van der Waals surface area contributed by atoms with E-state index in [2.05, 4.69) is 10.4 Å². The third kappa shape index (κ3) is 3.49. The number of para-hydroxylation sites is 2. The van der Waals surface area contributed by atoms with Gasteiger partial charge in [0.2, 0.25) is 0 Å². The number of carbonyl (C=O) groups excluding carboxylic acids is 1. The topological polar surface area (TPSA) is 127 Å². The maximum atomic E-state index is 12.3. The van der Waals surface area contributed by atoms with Crippen molar-refractivity contribution in [2.45, 2.75) is 25.3 Å². The van der Waals surface area contributed by atoms with Gasteiger partial charge in [0.15, 0.2) is 5.69 Å². The van der Waals surface area contributed by atoms with Crippen molar-refractivity contribution in [3.63, 3.8) is 0 Å². The molecule has 9 nitrogen and oxygen atoms in total. The highest BCUT2D eigenvalue weighted by Gasteiger charge is 2.31. The predicted octanol–water partition coefficient (Wildman–Crippen LogP) is 1.76. The van der Waals surface area contributed by atoms with Crippen molar-refractivity contribution in [3.8, 4) is 5.69 Å². The molecule has 1 aliphatic carbocycles. The lowest BCUT2D eigenvalue weighted by atomic mass is 10.1. The van der Waals surface area contributed by atoms with E-state index in [1.54, 1.807) is 18.2 Å². The number of aromatic nitrogens is 2. The molecule has 0 aliphatic heterocycles. The minimum absolute atomic E-state index is 0.113. The molecule has 130 valence electrons. The number of carbonyl (C=O) groups is 2. The number of rotatable bonds is 5. The van der Waals surface area contributed by atoms with E-state index in [0.29, 0.717) is 19.3 Å². The first-order valence-electron chi connectivity index (χ1n) is 7.79. The molecule has 9 heteroatoms. The van der Waals surface area contributed by atoms with Crippen LogP contribution in [0.1, 0.15) is 29.8 Å². The van der Waals surface area contributed by atoms with Gasteiger partial charge in [0.1, 0.15) is 5.69 Å². The number of carboxylic acids is 1. The Morgan fingerprint density at radius 3 is 2.72 bits per heavy atom. The highest BCUT2D eigenvalue weighted by molar-refractivity contribution is 5.92. The van der Waals surface area contributed by atoms with Crippen LogP contribution >= 0.6 is 0 Å². The number of amides is 1. The van der Waals surface area contributed by atoms with Gasteiger partial charge in [0.05, 0.1) is 10.8 Å². The van der Waals surface area contributed by atoms with E-state index in [4.69, 9.17) is 5.11 Å². The summed E-state index contributed by atoms with van der Waals surface area (Å²) < 4.78 is 1.28. The number of nitro benzene ring substituents is 1. The van der Waals surface area contributed by atoms with E-state index in [1.807, 2.05) is 0 Å². The number of hydrogen-bond donors (Lipinski definition) is 2. The lowest BCUT2D eigenvalue weighted by Gasteiger charge is -2.11. The second-order valence-electron chi connectivity index (χ2n) is 5.91. The second-order valence-corrected chi connectivity index (χ2v) is 5.91. The average molecular weight is 344 g/mol. The Kier molecular flexibility index (Phi) is 4.46. The number of hydrogen-bond acceptors (Lipinski definition) is 5. The van der Waals surface area contributed by atoms with Gasteiger partial charge < -0.3 is 10.4 Å². The molecule has 1 aromatic carbocycles. The summed E-state index contributed by atoms with van der Waals surface area (Å²) >= 11 is 0. The SMILES string of the molecule is O=C(N[C@H]1CC[C@@H](C(=O)O)C1)c1ccn(-c2ccccc2[N+](=O)[O-])n1. The molecular formula is C16H16N4O5. The van der Waals surface area contributed by atoms with E-state index < -0.39 is 22.7 Å². The van der Waals surface area contributed by atoms with E-state index in [1.165, 1.54) is 23.0 Å². The molecule has 1 aliphatic rings. The largest absolute Gasteiger partial charge is 0.481 e. The summed E-state index contributed by atoms with van der Waals surface area (Å²) in [5.41, 5.74) is 0.271. The van der Waals surface area contributed by atoms with Crippen LogP contribution in [-0.2, 0) is 4.79 Å². The predicted molar refractivity (Wildman–Crippen MR) is 86.4 cm³/mol. The van der Waals surface area contributed by atoms with Crippen molar-refractivity contribution < 1.29 is 19.6 Å². The number of nitrogens with one attached hydrogen (secondary N) is 1. The molecule has 0 radical (unpaired) electrons. The zero-order valence-corrected chi connectivity index (χ0v) is 13.2. The molecule has 2 aromatic rings. The van der Waals surface area contributed by atoms with Crippen molar-refractivity contribution in [3.05, 3.63) is 52.3 Å². The Hall–Kier alpha value is -3.23. The van der Waals surface area contributed by atoms with E-state index in [-0.39, 0.29) is 23.1 Å². The summed E-state index contributed by atoms with van der Waals surface area (Å²) in [5, 5.41) is 27.0. The van der Waals surface area contributed by atoms with E-state index >= 15 is 0 Å². The summed E-state index contributed by atoms with van der Waals surface area (Å²) in [6.45, 7) is 0. The zero-order valence-electron chi connectivity index (χ0n) is 13.2. The zero-order chi connectivity index (χ0) is 18.0. The van der Waals surface area contributed by atoms with Gasteiger partial charge in [-0.1, -0.05) is 12.1 Å². The van der Waals surface area contributed by atoms with Crippen LogP contribution in [0.2, 0.25) is 0 Å². The number of carboxylic acid groups (broad SMARTS) is 1. The normalized spacial score (nSPS) is 19.5. The lowest BCUT2D eigenvalue weighted by Crippen LogP contribution is -2.33. The molecule has 3 rings (SSSR count). The Morgan fingerprint density at radius 1 is 1.28 bits per heavy atom. The Labute approximate surface area is 142 Å². The van der Waals surface area contributed by atoms with E-state index in [0.717, 1.165) is 0 Å². The Morgan fingerprint density at radius 2 is 2.04 bits per heavy atom. The highest BCUT2D eigenvalue weighted by atomic mass is 16.6. The molecule has 0 saturated heterocycles. The van der Waals surface area contributed by atoms with Crippen LogP contribution in [0, 0.1) is 16.0 Å². The number of nitrogens with zero attached hydrogens (tertiary/aromatic N) is 3. The first-order chi connectivity index (χ1) is 12.0. The van der Waals surface area contributed by atoms with Crippen LogP contribution in [0.25, 0.3) is 5.69 Å². The third-order valence-electron chi connectivity index (χ3n) is 4.26. The fraction of sp³-hybridized carbons (Fsp3) is 0.312. The standard InChI is InChI=1S/C16H16N4O5/c21-15(17-11-6-5-10(9-11)16(22)23)12-7-8-19(18-12)13-3-1-2-4-14(13)20(24)25/h1-4,7-8,10-11H,5-6,9H2,(H,17,21)(H,22,23)/t10-,11+/m1/s1. The molecule has 1 aromatic heterocycles. The van der Waals surface area contributed by atoms with Crippen LogP contribution in [0.4, 0.5) is 5.69 Å². The number of aliphatic carboxylic acids is 1. The summed E-state index contributed by atoms with van der Waals surface area (Å²) in [4.78, 5) is 33.8. The van der Waals surface area contributed by atoms with Gasteiger partial charge in [-0.25, -0.2) is 4.68 Å². The maximum Gasteiger partial charge on any atom is 0.306 e. The molecular weight excluding hydrogens is 328 g/mol. The van der Waals surface area contributed by atoms with Gasteiger partial charge in [0.25, 0.3) is 11.6 Å². The highest BCUT2D eigenvalue weighted by Crippen LogP contribution is 2.26. The molecule has 0 unspecified atom stereocenters. The van der Waals surface area contributed by atoms with Crippen molar-refractivity contribution >= 4 is 17.6 Å². The molecule has 1 amide bonds. The smallest absolute Gasteiger partial charge is 0.306 e. The van der Waals surface area contributed by atoms with Crippen LogP contribution in [-0.4, -0.2) is 37.7 Å². The summed E-state index contributed by atoms with van der Waals surface area (Å²) in [5.74, 6) is -1.71. The second kappa shape index (κ2) is 6.71. The van der Waals surface area contributed by atoms with Crippen LogP contribution in [0.5, 0.6) is 0 Å². The Balaban J connectivity index is 1.73. The fourth-order valence-electron chi connectivity index (χ4n) is 2.99. The van der Waals surface area contributed by atoms with Gasteiger partial charge in [-0.2, -0.15) is 5.10 Å². The van der Waals surface area contributed by atoms with Crippen molar-refractivity contribution in [2.24, 2.45) is 5.92 Å². The van der Waals surface area contributed by atoms with E-state index in [9.17, 15) is 19.7 Å². The molecule has 2 N–H and O–H groups in total. The van der Waals surface area contributed by atoms with Crippen molar-refractivity contribution in [1.29, 1.82) is 0 Å².